The van der Waals surface area contributed by atoms with Crippen molar-refractivity contribution >= 4 is 29.6 Å². The molecule has 0 N–H and O–H groups in total. The van der Waals surface area contributed by atoms with Gasteiger partial charge in [-0.15, -0.1) is 0 Å². The van der Waals surface area contributed by atoms with E-state index in [2.05, 4.69) is 0 Å². The Balaban J connectivity index is 1.54. The Labute approximate surface area is 207 Å². The Morgan fingerprint density at radius 1 is 1.11 bits per heavy atom. The summed E-state index contributed by atoms with van der Waals surface area (Å²) in [5.74, 6) is -3.95. The normalized spacial score (nSPS) is 18.7. The first kappa shape index (κ1) is 24.7. The molecule has 9 nitrogen and oxygen atoms in total. The second-order valence-electron chi connectivity index (χ2n) is 8.14. The molecule has 2 aliphatic rings. The minimum absolute atomic E-state index is 0.0256. The van der Waals surface area contributed by atoms with Gasteiger partial charge in [0, 0.05) is 16.6 Å². The summed E-state index contributed by atoms with van der Waals surface area (Å²) in [7, 11) is 0. The average molecular weight is 504 g/mol. The molecule has 1 amide bonds. The highest BCUT2D eigenvalue weighted by atomic mass is 35.5. The maximum atomic E-state index is 12.7. The zero-order chi connectivity index (χ0) is 25.2. The van der Waals surface area contributed by atoms with Crippen molar-refractivity contribution < 1.29 is 38.1 Å². The van der Waals surface area contributed by atoms with Gasteiger partial charge in [0.05, 0.1) is 19.8 Å². The summed E-state index contributed by atoms with van der Waals surface area (Å²) in [4.78, 5) is 39.6. The Hall–Kier alpha value is -3.46. The van der Waals surface area contributed by atoms with Crippen molar-refractivity contribution in [2.75, 3.05) is 19.8 Å². The topological polar surface area (TPSA) is 101 Å². The molecule has 2 aromatic rings. The highest BCUT2D eigenvalue weighted by Crippen LogP contribution is 2.44. The molecule has 2 atom stereocenters. The van der Waals surface area contributed by atoms with E-state index in [4.69, 9.17) is 35.3 Å². The fourth-order valence-electron chi connectivity index (χ4n) is 4.09. The number of amides is 1. The van der Waals surface area contributed by atoms with Crippen molar-refractivity contribution in [2.24, 2.45) is 0 Å². The van der Waals surface area contributed by atoms with Gasteiger partial charge in [-0.05, 0) is 51.0 Å². The third kappa shape index (κ3) is 4.73. The van der Waals surface area contributed by atoms with Crippen LogP contribution in [0.5, 0.6) is 11.5 Å². The van der Waals surface area contributed by atoms with Crippen molar-refractivity contribution in [1.29, 1.82) is 0 Å². The number of hydrogen-bond donors (Lipinski definition) is 0. The predicted octanol–water partition coefficient (Wildman–Crippen LogP) is 4.06. The summed E-state index contributed by atoms with van der Waals surface area (Å²) < 4.78 is 27.2. The zero-order valence-electron chi connectivity index (χ0n) is 19.6. The minimum Gasteiger partial charge on any atom is -0.460 e. The summed E-state index contributed by atoms with van der Waals surface area (Å²) >= 11 is 6.08. The molecular weight excluding hydrogens is 478 g/mol. The van der Waals surface area contributed by atoms with Crippen LogP contribution in [0.4, 0.5) is 4.79 Å². The van der Waals surface area contributed by atoms with Crippen molar-refractivity contribution in [3.63, 3.8) is 0 Å². The smallest absolute Gasteiger partial charge is 0.453 e. The van der Waals surface area contributed by atoms with Gasteiger partial charge >= 0.3 is 23.8 Å². The minimum atomic E-state index is -2.38. The zero-order valence-corrected chi connectivity index (χ0v) is 20.4. The lowest BCUT2D eigenvalue weighted by Gasteiger charge is -2.24. The summed E-state index contributed by atoms with van der Waals surface area (Å²) in [6, 6.07) is 12.0. The van der Waals surface area contributed by atoms with Gasteiger partial charge in [0.1, 0.15) is 6.10 Å². The lowest BCUT2D eigenvalue weighted by molar-refractivity contribution is -0.202. The Morgan fingerprint density at radius 3 is 2.46 bits per heavy atom. The Morgan fingerprint density at radius 2 is 1.80 bits per heavy atom. The van der Waals surface area contributed by atoms with Crippen LogP contribution >= 0.6 is 11.6 Å². The van der Waals surface area contributed by atoms with Gasteiger partial charge in [-0.3, -0.25) is 0 Å². The molecule has 2 unspecified atom stereocenters. The first-order valence-corrected chi connectivity index (χ1v) is 11.7. The molecular formula is C25H26ClNO8. The molecule has 1 fully saturated rings. The molecule has 2 aliphatic heterocycles. The van der Waals surface area contributed by atoms with E-state index in [9.17, 15) is 14.4 Å². The number of halogens is 1. The van der Waals surface area contributed by atoms with E-state index in [1.54, 1.807) is 49.1 Å². The largest absolute Gasteiger partial charge is 0.460 e. The summed E-state index contributed by atoms with van der Waals surface area (Å²) in [6.45, 7) is 5.49. The third-order valence-electron chi connectivity index (χ3n) is 5.76. The molecule has 186 valence electrons. The Kier molecular flexibility index (Phi) is 7.07. The van der Waals surface area contributed by atoms with Gasteiger partial charge in [-0.25, -0.2) is 14.4 Å². The van der Waals surface area contributed by atoms with E-state index in [1.165, 1.54) is 0 Å². The van der Waals surface area contributed by atoms with Crippen LogP contribution in [0.1, 0.15) is 38.0 Å². The van der Waals surface area contributed by atoms with Crippen LogP contribution < -0.4 is 9.47 Å². The maximum Gasteiger partial charge on any atom is 0.453 e. The first-order valence-electron chi connectivity index (χ1n) is 11.4. The van der Waals surface area contributed by atoms with Gasteiger partial charge in [0.15, 0.2) is 11.5 Å². The number of nitrogens with zero attached hydrogens (tertiary/aromatic N) is 1. The molecule has 0 saturated carbocycles. The molecule has 10 heteroatoms. The van der Waals surface area contributed by atoms with Gasteiger partial charge in [-0.1, -0.05) is 35.9 Å². The van der Waals surface area contributed by atoms with Crippen molar-refractivity contribution in [2.45, 2.75) is 45.1 Å². The molecule has 0 spiro atoms. The predicted molar refractivity (Wildman–Crippen MR) is 124 cm³/mol. The monoisotopic (exact) mass is 503 g/mol. The van der Waals surface area contributed by atoms with Crippen LogP contribution in [0.3, 0.4) is 0 Å². The second-order valence-corrected chi connectivity index (χ2v) is 8.58. The van der Waals surface area contributed by atoms with Gasteiger partial charge in [0.25, 0.3) is 0 Å². The third-order valence-corrected chi connectivity index (χ3v) is 5.99. The van der Waals surface area contributed by atoms with Crippen LogP contribution in [0.15, 0.2) is 42.5 Å². The molecule has 0 radical (unpaired) electrons. The number of hydrogen-bond acceptors (Lipinski definition) is 8. The maximum absolute atomic E-state index is 12.7. The van der Waals surface area contributed by atoms with E-state index >= 15 is 0 Å². The number of fused-ring (bicyclic) bond motifs is 1. The quantitative estimate of drug-likeness (QED) is 0.302. The second kappa shape index (κ2) is 10.0. The molecule has 0 bridgehead atoms. The number of para-hydroxylation sites is 1. The summed E-state index contributed by atoms with van der Waals surface area (Å²) in [5, 5.41) is 0.564. The van der Waals surface area contributed by atoms with Gasteiger partial charge in [0.2, 0.25) is 0 Å². The van der Waals surface area contributed by atoms with E-state index in [1.807, 2.05) is 19.1 Å². The lowest BCUT2D eigenvalue weighted by atomic mass is 10.0. The number of benzene rings is 2. The van der Waals surface area contributed by atoms with Crippen LogP contribution in [0.2, 0.25) is 5.02 Å². The highest BCUT2D eigenvalue weighted by molar-refractivity contribution is 6.30. The molecule has 1 saturated heterocycles. The van der Waals surface area contributed by atoms with Crippen LogP contribution in [0, 0.1) is 0 Å². The van der Waals surface area contributed by atoms with E-state index in [0.29, 0.717) is 23.6 Å². The number of ether oxygens (including phenoxy) is 5. The van der Waals surface area contributed by atoms with Crippen LogP contribution in [-0.4, -0.2) is 54.5 Å². The average Bonchev–Trinajstić information content (AvgIpc) is 3.42. The van der Waals surface area contributed by atoms with Crippen molar-refractivity contribution in [1.82, 2.24) is 4.90 Å². The van der Waals surface area contributed by atoms with Crippen LogP contribution in [-0.2, 0) is 30.2 Å². The fraction of sp³-hybridized carbons (Fsp3) is 0.400. The highest BCUT2D eigenvalue weighted by Gasteiger charge is 2.60. The fourth-order valence-corrected chi connectivity index (χ4v) is 4.29. The number of carbonyl (C=O) groups excluding carboxylic acids is 3. The van der Waals surface area contributed by atoms with E-state index in [-0.39, 0.29) is 30.8 Å². The van der Waals surface area contributed by atoms with E-state index in [0.717, 1.165) is 5.56 Å². The number of carbonyl (C=O) groups is 3. The van der Waals surface area contributed by atoms with E-state index < -0.39 is 29.9 Å². The Bertz CT molecular complexity index is 1120. The lowest BCUT2D eigenvalue weighted by Crippen LogP contribution is -2.56. The summed E-state index contributed by atoms with van der Waals surface area (Å²) in [6.07, 6.45) is -0.532. The standard InChI is InChI=1S/C25H26ClNO8/c1-4-31-22(28)25(23(29)32-5-2)34-19-11-7-9-17(21(19)35-25)12-15(3)27-14-20(33-24(27)30)16-8-6-10-18(26)13-16/h6-11,13,15,20H,4-5,12,14H2,1-3H3. The van der Waals surface area contributed by atoms with Gasteiger partial charge in [-0.2, -0.15) is 0 Å². The first-order chi connectivity index (χ1) is 16.8. The molecule has 35 heavy (non-hydrogen) atoms. The molecule has 0 aromatic heterocycles. The molecule has 0 aliphatic carbocycles. The molecule has 4 rings (SSSR count). The van der Waals surface area contributed by atoms with Gasteiger partial charge < -0.3 is 28.6 Å². The number of cyclic esters (lactones) is 1. The number of rotatable bonds is 8. The summed E-state index contributed by atoms with van der Waals surface area (Å²) in [5.41, 5.74) is 1.45. The van der Waals surface area contributed by atoms with Crippen molar-refractivity contribution in [3.8, 4) is 11.5 Å². The van der Waals surface area contributed by atoms with Crippen LogP contribution in [0.25, 0.3) is 0 Å². The SMILES string of the molecule is CCOC(=O)C1(C(=O)OCC)Oc2cccc(CC(C)N3CC(c4cccc(Cl)c4)OC3=O)c2O1. The molecule has 2 heterocycles. The number of esters is 2. The molecule has 2 aromatic carbocycles. The van der Waals surface area contributed by atoms with Crippen molar-refractivity contribution in [3.05, 3.63) is 58.6 Å².